The Morgan fingerprint density at radius 3 is 2.67 bits per heavy atom. The molecular weight excluding hydrogens is 146 g/mol. The quantitative estimate of drug-likeness (QED) is 0.680. The van der Waals surface area contributed by atoms with Crippen LogP contribution in [0.3, 0.4) is 0 Å². The minimum atomic E-state index is 0.743. The van der Waals surface area contributed by atoms with Gasteiger partial charge in [-0.3, -0.25) is 0 Å². The molecule has 2 bridgehead atoms. The number of rotatable bonds is 3. The first kappa shape index (κ1) is 8.55. The molecule has 70 valence electrons. The van der Waals surface area contributed by atoms with Crippen LogP contribution in [-0.2, 0) is 0 Å². The van der Waals surface area contributed by atoms with Gasteiger partial charge in [-0.25, -0.2) is 0 Å². The van der Waals surface area contributed by atoms with Crippen molar-refractivity contribution < 1.29 is 0 Å². The Bertz CT molecular complexity index is 151. The maximum atomic E-state index is 3.55. The molecule has 0 atom stereocenters. The van der Waals surface area contributed by atoms with Crippen LogP contribution in [0.2, 0.25) is 0 Å². The molecule has 1 aliphatic carbocycles. The number of hydrogen-bond donors (Lipinski definition) is 1. The lowest BCUT2D eigenvalue weighted by molar-refractivity contribution is 0.00183. The lowest BCUT2D eigenvalue weighted by atomic mass is 9.57. The monoisotopic (exact) mass is 167 g/mol. The first-order chi connectivity index (χ1) is 5.70. The second-order valence-electron chi connectivity index (χ2n) is 5.34. The summed E-state index contributed by atoms with van der Waals surface area (Å²) in [6, 6.07) is 0. The summed E-state index contributed by atoms with van der Waals surface area (Å²) < 4.78 is 0. The Morgan fingerprint density at radius 2 is 2.17 bits per heavy atom. The highest BCUT2D eigenvalue weighted by Crippen LogP contribution is 2.51. The molecule has 1 nitrogen and oxygen atoms in total. The van der Waals surface area contributed by atoms with E-state index >= 15 is 0 Å². The summed E-state index contributed by atoms with van der Waals surface area (Å²) in [5.74, 6) is 1.92. The van der Waals surface area contributed by atoms with Crippen molar-refractivity contribution in [1.29, 1.82) is 0 Å². The molecule has 2 heterocycles. The average Bonchev–Trinajstić information content (AvgIpc) is 2.01. The molecule has 0 spiro atoms. The predicted octanol–water partition coefficient (Wildman–Crippen LogP) is 2.42. The van der Waals surface area contributed by atoms with Crippen molar-refractivity contribution in [2.75, 3.05) is 13.1 Å². The fourth-order valence-electron chi connectivity index (χ4n) is 2.88. The molecule has 3 fully saturated rings. The van der Waals surface area contributed by atoms with Gasteiger partial charge in [0.25, 0.3) is 0 Å². The fraction of sp³-hybridized carbons (Fsp3) is 1.00. The highest BCUT2D eigenvalue weighted by atomic mass is 14.9. The zero-order chi connectivity index (χ0) is 8.60. The Balaban J connectivity index is 1.79. The standard InChI is InChI=1S/C11H21N/c1-9(2)3-4-11-5-10(6-11)7-12-8-11/h9-10,12H,3-8H2,1-2H3. The van der Waals surface area contributed by atoms with Crippen LogP contribution in [0.1, 0.15) is 39.5 Å². The van der Waals surface area contributed by atoms with Gasteiger partial charge in [-0.2, -0.15) is 0 Å². The molecule has 0 aromatic heterocycles. The first-order valence-corrected chi connectivity index (χ1v) is 5.41. The van der Waals surface area contributed by atoms with Crippen molar-refractivity contribution in [1.82, 2.24) is 5.32 Å². The second-order valence-corrected chi connectivity index (χ2v) is 5.34. The van der Waals surface area contributed by atoms with Crippen molar-refractivity contribution >= 4 is 0 Å². The highest BCUT2D eigenvalue weighted by molar-refractivity contribution is 4.99. The van der Waals surface area contributed by atoms with Gasteiger partial charge in [0.1, 0.15) is 0 Å². The van der Waals surface area contributed by atoms with Crippen LogP contribution in [0.15, 0.2) is 0 Å². The van der Waals surface area contributed by atoms with E-state index in [0.29, 0.717) is 0 Å². The Morgan fingerprint density at radius 1 is 1.42 bits per heavy atom. The summed E-state index contributed by atoms with van der Waals surface area (Å²) in [5.41, 5.74) is 0.743. The molecule has 2 saturated heterocycles. The third kappa shape index (κ3) is 1.52. The van der Waals surface area contributed by atoms with Crippen LogP contribution in [0.5, 0.6) is 0 Å². The van der Waals surface area contributed by atoms with Gasteiger partial charge in [-0.05, 0) is 43.1 Å². The van der Waals surface area contributed by atoms with Gasteiger partial charge >= 0.3 is 0 Å². The minimum Gasteiger partial charge on any atom is -0.316 e. The van der Waals surface area contributed by atoms with Gasteiger partial charge in [0.15, 0.2) is 0 Å². The SMILES string of the molecule is CC(C)CCC12CNCC(C1)C2. The summed E-state index contributed by atoms with van der Waals surface area (Å²) in [7, 11) is 0. The Hall–Kier alpha value is -0.0400. The average molecular weight is 167 g/mol. The third-order valence-electron chi connectivity index (χ3n) is 3.63. The number of fused-ring (bicyclic) bond motifs is 2. The number of piperidine rings is 2. The Kier molecular flexibility index (Phi) is 2.16. The van der Waals surface area contributed by atoms with E-state index in [0.717, 1.165) is 17.3 Å². The van der Waals surface area contributed by atoms with E-state index in [1.165, 1.54) is 38.8 Å². The molecule has 0 aromatic carbocycles. The van der Waals surface area contributed by atoms with Gasteiger partial charge in [0.2, 0.25) is 0 Å². The van der Waals surface area contributed by atoms with Gasteiger partial charge in [0.05, 0.1) is 0 Å². The molecule has 3 aliphatic rings. The molecule has 0 amide bonds. The van der Waals surface area contributed by atoms with Crippen LogP contribution in [-0.4, -0.2) is 13.1 Å². The molecular formula is C11H21N. The number of hydrogen-bond acceptors (Lipinski definition) is 1. The summed E-state index contributed by atoms with van der Waals surface area (Å²) in [6.45, 7) is 7.27. The van der Waals surface area contributed by atoms with Crippen LogP contribution in [0.4, 0.5) is 0 Å². The number of nitrogens with one attached hydrogen (secondary N) is 1. The molecule has 3 rings (SSSR count). The smallest absolute Gasteiger partial charge is 0.000814 e. The second kappa shape index (κ2) is 3.02. The molecule has 1 saturated carbocycles. The summed E-state index contributed by atoms with van der Waals surface area (Å²) in [6.07, 6.45) is 5.93. The predicted molar refractivity (Wildman–Crippen MR) is 52.1 cm³/mol. The largest absolute Gasteiger partial charge is 0.316 e. The minimum absolute atomic E-state index is 0.743. The van der Waals surface area contributed by atoms with Crippen molar-refractivity contribution in [2.45, 2.75) is 39.5 Å². The highest BCUT2D eigenvalue weighted by Gasteiger charge is 2.46. The first-order valence-electron chi connectivity index (χ1n) is 5.41. The summed E-state index contributed by atoms with van der Waals surface area (Å²) >= 11 is 0. The van der Waals surface area contributed by atoms with E-state index in [4.69, 9.17) is 0 Å². The van der Waals surface area contributed by atoms with E-state index in [-0.39, 0.29) is 0 Å². The van der Waals surface area contributed by atoms with Gasteiger partial charge in [0, 0.05) is 6.54 Å². The van der Waals surface area contributed by atoms with E-state index in [2.05, 4.69) is 19.2 Å². The molecule has 1 N–H and O–H groups in total. The molecule has 2 aliphatic heterocycles. The lowest BCUT2D eigenvalue weighted by Gasteiger charge is -2.53. The topological polar surface area (TPSA) is 12.0 Å². The zero-order valence-electron chi connectivity index (χ0n) is 8.40. The summed E-state index contributed by atoms with van der Waals surface area (Å²) in [4.78, 5) is 0. The molecule has 0 radical (unpaired) electrons. The van der Waals surface area contributed by atoms with Crippen molar-refractivity contribution in [3.63, 3.8) is 0 Å². The van der Waals surface area contributed by atoms with Crippen molar-refractivity contribution in [3.05, 3.63) is 0 Å². The van der Waals surface area contributed by atoms with Crippen LogP contribution in [0, 0.1) is 17.3 Å². The van der Waals surface area contributed by atoms with Crippen LogP contribution >= 0.6 is 0 Å². The van der Waals surface area contributed by atoms with E-state index in [1.54, 1.807) is 0 Å². The maximum Gasteiger partial charge on any atom is 0.000814 e. The fourth-order valence-corrected chi connectivity index (χ4v) is 2.88. The van der Waals surface area contributed by atoms with E-state index in [1.807, 2.05) is 0 Å². The normalized spacial score (nSPS) is 39.8. The van der Waals surface area contributed by atoms with Gasteiger partial charge in [-0.15, -0.1) is 0 Å². The van der Waals surface area contributed by atoms with E-state index < -0.39 is 0 Å². The van der Waals surface area contributed by atoms with Crippen LogP contribution < -0.4 is 5.32 Å². The molecule has 0 unspecified atom stereocenters. The van der Waals surface area contributed by atoms with E-state index in [9.17, 15) is 0 Å². The third-order valence-corrected chi connectivity index (χ3v) is 3.63. The van der Waals surface area contributed by atoms with Gasteiger partial charge in [-0.1, -0.05) is 20.3 Å². The lowest BCUT2D eigenvalue weighted by Crippen LogP contribution is -2.54. The zero-order valence-corrected chi connectivity index (χ0v) is 8.40. The molecule has 0 aromatic rings. The maximum absolute atomic E-state index is 3.55. The Labute approximate surface area is 75.9 Å². The van der Waals surface area contributed by atoms with Crippen molar-refractivity contribution in [3.8, 4) is 0 Å². The van der Waals surface area contributed by atoms with Crippen molar-refractivity contribution in [2.24, 2.45) is 17.3 Å². The van der Waals surface area contributed by atoms with Gasteiger partial charge < -0.3 is 5.32 Å². The molecule has 12 heavy (non-hydrogen) atoms. The molecule has 1 heteroatoms. The summed E-state index contributed by atoms with van der Waals surface area (Å²) in [5, 5.41) is 3.55. The van der Waals surface area contributed by atoms with Crippen LogP contribution in [0.25, 0.3) is 0 Å².